The van der Waals surface area contributed by atoms with E-state index < -0.39 is 0 Å². The molecule has 1 saturated heterocycles. The molecule has 4 unspecified atom stereocenters. The molecule has 0 aromatic heterocycles. The summed E-state index contributed by atoms with van der Waals surface area (Å²) in [5, 5.41) is 0. The molecule has 0 bridgehead atoms. The monoisotopic (exact) mass is 461 g/mol. The van der Waals surface area contributed by atoms with E-state index in [0.717, 1.165) is 11.1 Å². The van der Waals surface area contributed by atoms with E-state index in [0.29, 0.717) is 17.9 Å². The predicted octanol–water partition coefficient (Wildman–Crippen LogP) is 7.17. The molecule has 178 valence electrons. The molecule has 1 heterocycles. The first-order valence-corrected chi connectivity index (χ1v) is 13.3. The van der Waals surface area contributed by atoms with Gasteiger partial charge in [-0.2, -0.15) is 0 Å². The van der Waals surface area contributed by atoms with E-state index >= 15 is 0 Å². The molecule has 3 aliphatic rings. The highest BCUT2D eigenvalue weighted by Gasteiger charge is 2.45. The second-order valence-electron chi connectivity index (χ2n) is 11.1. The van der Waals surface area contributed by atoms with Crippen LogP contribution in [0.15, 0.2) is 78.9 Å². The van der Waals surface area contributed by atoms with Crippen LogP contribution in [0.2, 0.25) is 0 Å². The highest BCUT2D eigenvalue weighted by atomic mass is 16.1. The summed E-state index contributed by atoms with van der Waals surface area (Å²) in [6.07, 6.45) is 9.82. The molecular formula is C33H35NO. The maximum atomic E-state index is 12.9. The van der Waals surface area contributed by atoms with E-state index in [4.69, 9.17) is 0 Å². The molecule has 2 heteroatoms. The summed E-state index contributed by atoms with van der Waals surface area (Å²) >= 11 is 0. The first-order chi connectivity index (χ1) is 17.0. The molecule has 0 radical (unpaired) electrons. The molecule has 4 atom stereocenters. The highest BCUT2D eigenvalue weighted by molar-refractivity contribution is 6.09. The van der Waals surface area contributed by atoms with Crippen LogP contribution in [0.25, 0.3) is 6.08 Å². The number of likely N-dealkylation sites (tertiary alicyclic amines) is 1. The highest BCUT2D eigenvalue weighted by Crippen LogP contribution is 2.48. The minimum atomic E-state index is 0.111. The Labute approximate surface area is 209 Å². The molecule has 2 fully saturated rings. The van der Waals surface area contributed by atoms with Gasteiger partial charge in [-0.25, -0.2) is 0 Å². The number of fused-ring (bicyclic) bond motifs is 2. The lowest BCUT2D eigenvalue weighted by Crippen LogP contribution is -2.50. The molecule has 35 heavy (non-hydrogen) atoms. The van der Waals surface area contributed by atoms with Gasteiger partial charge in [-0.1, -0.05) is 97.4 Å². The summed E-state index contributed by atoms with van der Waals surface area (Å²) in [5.41, 5.74) is 7.30. The number of allylic oxidation sites excluding steroid dienone is 1. The van der Waals surface area contributed by atoms with E-state index in [9.17, 15) is 4.79 Å². The molecule has 6 rings (SSSR count). The maximum absolute atomic E-state index is 12.9. The van der Waals surface area contributed by atoms with E-state index in [1.807, 2.05) is 43.3 Å². The predicted molar refractivity (Wildman–Crippen MR) is 144 cm³/mol. The number of carbonyl (C=O) groups excluding carboxylic acids is 1. The summed E-state index contributed by atoms with van der Waals surface area (Å²) < 4.78 is 0. The van der Waals surface area contributed by atoms with Crippen molar-refractivity contribution in [2.45, 2.75) is 56.9 Å². The minimum Gasteiger partial charge on any atom is -0.300 e. The number of hydrogen-bond donors (Lipinski definition) is 0. The number of aryl methyl sites for hydroxylation is 1. The van der Waals surface area contributed by atoms with Gasteiger partial charge in [0.1, 0.15) is 0 Å². The Morgan fingerprint density at radius 3 is 2.37 bits per heavy atom. The van der Waals surface area contributed by atoms with Gasteiger partial charge in [-0.15, -0.1) is 0 Å². The van der Waals surface area contributed by atoms with Crippen LogP contribution in [-0.4, -0.2) is 29.8 Å². The Kier molecular flexibility index (Phi) is 5.73. The number of nitrogens with zero attached hydrogens (tertiary/aromatic N) is 1. The van der Waals surface area contributed by atoms with Gasteiger partial charge in [0.2, 0.25) is 0 Å². The second kappa shape index (κ2) is 8.91. The number of rotatable bonds is 4. The molecule has 1 aliphatic heterocycles. The zero-order chi connectivity index (χ0) is 24.0. The van der Waals surface area contributed by atoms with Crippen molar-refractivity contribution in [3.05, 3.63) is 112 Å². The normalized spacial score (nSPS) is 27.9. The first kappa shape index (κ1) is 22.5. The van der Waals surface area contributed by atoms with Crippen molar-refractivity contribution in [2.24, 2.45) is 5.92 Å². The third-order valence-corrected chi connectivity index (χ3v) is 9.10. The van der Waals surface area contributed by atoms with Crippen LogP contribution >= 0.6 is 0 Å². The van der Waals surface area contributed by atoms with Crippen molar-refractivity contribution in [2.75, 3.05) is 13.1 Å². The molecule has 0 amide bonds. The molecule has 1 saturated carbocycles. The van der Waals surface area contributed by atoms with Crippen molar-refractivity contribution >= 4 is 11.9 Å². The topological polar surface area (TPSA) is 20.3 Å². The lowest BCUT2D eigenvalue weighted by Gasteiger charge is -2.46. The molecule has 3 aromatic carbocycles. The lowest BCUT2D eigenvalue weighted by atomic mass is 9.68. The number of hydrogen-bond acceptors (Lipinski definition) is 2. The van der Waals surface area contributed by atoms with E-state index in [1.54, 1.807) is 0 Å². The van der Waals surface area contributed by atoms with Gasteiger partial charge in [0.05, 0.1) is 0 Å². The SMILES string of the molecule is Cc1ccc(C(=O)c2ccc(C3CCC(N4CCC5(C=Cc6ccccc65)C(C)C4)C3)cc2)cc1. The summed E-state index contributed by atoms with van der Waals surface area (Å²) in [5.74, 6) is 1.34. The zero-order valence-corrected chi connectivity index (χ0v) is 20.9. The number of ketones is 1. The number of benzene rings is 3. The average molecular weight is 462 g/mol. The van der Waals surface area contributed by atoms with Gasteiger partial charge >= 0.3 is 0 Å². The molecule has 2 aliphatic carbocycles. The molecular weight excluding hydrogens is 426 g/mol. The summed E-state index contributed by atoms with van der Waals surface area (Å²) in [6.45, 7) is 6.87. The largest absolute Gasteiger partial charge is 0.300 e. The van der Waals surface area contributed by atoms with Gasteiger partial charge in [0, 0.05) is 29.1 Å². The van der Waals surface area contributed by atoms with Crippen molar-refractivity contribution in [1.29, 1.82) is 0 Å². The Hall–Kier alpha value is -2.97. The van der Waals surface area contributed by atoms with Crippen molar-refractivity contribution in [1.82, 2.24) is 4.90 Å². The van der Waals surface area contributed by atoms with Crippen molar-refractivity contribution in [3.63, 3.8) is 0 Å². The number of carbonyl (C=O) groups is 1. The van der Waals surface area contributed by atoms with Crippen LogP contribution in [0, 0.1) is 12.8 Å². The van der Waals surface area contributed by atoms with Crippen LogP contribution < -0.4 is 0 Å². The van der Waals surface area contributed by atoms with Crippen LogP contribution in [0.1, 0.15) is 76.7 Å². The van der Waals surface area contributed by atoms with Crippen LogP contribution in [-0.2, 0) is 5.41 Å². The van der Waals surface area contributed by atoms with Gasteiger partial charge in [0.15, 0.2) is 5.78 Å². The quantitative estimate of drug-likeness (QED) is 0.384. The van der Waals surface area contributed by atoms with Gasteiger partial charge in [-0.05, 0) is 67.7 Å². The summed E-state index contributed by atoms with van der Waals surface area (Å²) in [6, 6.07) is 26.0. The minimum absolute atomic E-state index is 0.111. The van der Waals surface area contributed by atoms with Crippen LogP contribution in [0.3, 0.4) is 0 Å². The van der Waals surface area contributed by atoms with Gasteiger partial charge < -0.3 is 4.90 Å². The fraction of sp³-hybridized carbons (Fsp3) is 0.364. The maximum Gasteiger partial charge on any atom is 0.193 e. The fourth-order valence-corrected chi connectivity index (χ4v) is 6.93. The number of piperidine rings is 1. The summed E-state index contributed by atoms with van der Waals surface area (Å²) in [4.78, 5) is 15.6. The third-order valence-electron chi connectivity index (χ3n) is 9.10. The molecule has 0 N–H and O–H groups in total. The van der Waals surface area contributed by atoms with E-state index in [-0.39, 0.29) is 11.2 Å². The molecule has 3 aromatic rings. The standard InChI is InChI=1S/C33H35NO/c1-23-7-9-27(10-8-23)32(35)28-13-11-25(12-14-28)29-15-16-30(21-29)34-20-19-33(24(2)22-34)18-17-26-5-3-4-6-31(26)33/h3-14,17-18,24,29-30H,15-16,19-22H2,1-2H3. The van der Waals surface area contributed by atoms with E-state index in [2.05, 4.69) is 60.4 Å². The smallest absolute Gasteiger partial charge is 0.193 e. The van der Waals surface area contributed by atoms with Gasteiger partial charge in [-0.3, -0.25) is 4.79 Å². The second-order valence-corrected chi connectivity index (χ2v) is 11.1. The Morgan fingerprint density at radius 1 is 0.914 bits per heavy atom. The van der Waals surface area contributed by atoms with E-state index in [1.165, 1.54) is 61.0 Å². The average Bonchev–Trinajstić information content (AvgIpc) is 3.53. The Morgan fingerprint density at radius 2 is 1.63 bits per heavy atom. The first-order valence-electron chi connectivity index (χ1n) is 13.3. The van der Waals surface area contributed by atoms with Crippen molar-refractivity contribution < 1.29 is 4.79 Å². The van der Waals surface area contributed by atoms with Crippen molar-refractivity contribution in [3.8, 4) is 0 Å². The molecule has 2 nitrogen and oxygen atoms in total. The Balaban J connectivity index is 1.10. The summed E-state index contributed by atoms with van der Waals surface area (Å²) in [7, 11) is 0. The van der Waals surface area contributed by atoms with Crippen LogP contribution in [0.4, 0.5) is 0 Å². The zero-order valence-electron chi connectivity index (χ0n) is 20.9. The molecule has 1 spiro atoms. The van der Waals surface area contributed by atoms with Gasteiger partial charge in [0.25, 0.3) is 0 Å². The lowest BCUT2D eigenvalue weighted by molar-refractivity contribution is 0.0898. The third kappa shape index (κ3) is 3.98. The fourth-order valence-electron chi connectivity index (χ4n) is 6.93. The van der Waals surface area contributed by atoms with Crippen LogP contribution in [0.5, 0.6) is 0 Å². The Bertz CT molecular complexity index is 1260.